The minimum absolute atomic E-state index is 0.0890. The molecule has 0 spiro atoms. The molecule has 0 aliphatic heterocycles. The number of pyridine rings is 1. The quantitative estimate of drug-likeness (QED) is 0.485. The van der Waals surface area contributed by atoms with Gasteiger partial charge in [0.2, 0.25) is 5.91 Å². The molecule has 0 aliphatic carbocycles. The summed E-state index contributed by atoms with van der Waals surface area (Å²) >= 11 is 1.31. The number of para-hydroxylation sites is 1. The molecule has 0 saturated carbocycles. The maximum atomic E-state index is 14.1. The summed E-state index contributed by atoms with van der Waals surface area (Å²) in [6.07, 6.45) is 3.66. The molecule has 140 valence electrons. The van der Waals surface area contributed by atoms with E-state index in [1.54, 1.807) is 23.4 Å². The first-order valence-electron chi connectivity index (χ1n) is 8.90. The molecule has 6 heteroatoms. The van der Waals surface area contributed by atoms with Gasteiger partial charge in [-0.15, -0.1) is 0 Å². The molecular weight excluding hydrogens is 373 g/mol. The van der Waals surface area contributed by atoms with Crippen LogP contribution in [-0.2, 0) is 17.8 Å². The standard InChI is InChI=1S/C22H18FN3OS/c1-15-5-2-6-16(11-15)12-20(27)26(14-17-7-4-10-24-13-17)22-25-21-18(23)8-3-9-19(21)28-22/h2-11,13H,12,14H2,1H3. The zero-order valence-corrected chi connectivity index (χ0v) is 16.1. The number of nitrogens with zero attached hydrogens (tertiary/aromatic N) is 3. The Labute approximate surface area is 166 Å². The van der Waals surface area contributed by atoms with Gasteiger partial charge in [0.25, 0.3) is 0 Å². The summed E-state index contributed by atoms with van der Waals surface area (Å²) in [6.45, 7) is 2.33. The summed E-state index contributed by atoms with van der Waals surface area (Å²) in [5, 5.41) is 0.488. The van der Waals surface area contributed by atoms with E-state index < -0.39 is 0 Å². The Kier molecular flexibility index (Phi) is 5.12. The Morgan fingerprint density at radius 2 is 1.93 bits per heavy atom. The number of aryl methyl sites for hydroxylation is 1. The van der Waals surface area contributed by atoms with Crippen molar-refractivity contribution < 1.29 is 9.18 Å². The molecule has 0 unspecified atom stereocenters. The number of hydrogen-bond acceptors (Lipinski definition) is 4. The zero-order valence-electron chi connectivity index (χ0n) is 15.3. The van der Waals surface area contributed by atoms with E-state index in [0.717, 1.165) is 21.4 Å². The SMILES string of the molecule is Cc1cccc(CC(=O)N(Cc2cccnc2)c2nc3c(F)cccc3s2)c1. The Hall–Kier alpha value is -3.12. The molecule has 4 nitrogen and oxygen atoms in total. The lowest BCUT2D eigenvalue weighted by atomic mass is 10.1. The van der Waals surface area contributed by atoms with Crippen molar-refractivity contribution in [2.24, 2.45) is 0 Å². The first kappa shape index (κ1) is 18.3. The highest BCUT2D eigenvalue weighted by Crippen LogP contribution is 2.31. The van der Waals surface area contributed by atoms with Gasteiger partial charge in [-0.3, -0.25) is 14.7 Å². The molecular formula is C22H18FN3OS. The first-order valence-corrected chi connectivity index (χ1v) is 9.71. The fourth-order valence-corrected chi connectivity index (χ4v) is 4.04. The molecule has 2 aromatic carbocycles. The second-order valence-electron chi connectivity index (χ2n) is 6.59. The number of hydrogen-bond donors (Lipinski definition) is 0. The van der Waals surface area contributed by atoms with Crippen LogP contribution in [0.5, 0.6) is 0 Å². The second kappa shape index (κ2) is 7.86. The van der Waals surface area contributed by atoms with Crippen LogP contribution < -0.4 is 4.90 Å². The van der Waals surface area contributed by atoms with Crippen molar-refractivity contribution in [2.75, 3.05) is 4.90 Å². The minimum atomic E-state index is -0.382. The van der Waals surface area contributed by atoms with Gasteiger partial charge in [0.05, 0.1) is 17.7 Å². The fourth-order valence-electron chi connectivity index (χ4n) is 3.05. The highest BCUT2D eigenvalue weighted by Gasteiger charge is 2.21. The zero-order chi connectivity index (χ0) is 19.5. The second-order valence-corrected chi connectivity index (χ2v) is 7.60. The number of aromatic nitrogens is 2. The summed E-state index contributed by atoms with van der Waals surface area (Å²) in [5.41, 5.74) is 3.22. The fraction of sp³-hybridized carbons (Fsp3) is 0.136. The number of halogens is 1. The Balaban J connectivity index is 1.70. The molecule has 2 aromatic heterocycles. The van der Waals surface area contributed by atoms with Gasteiger partial charge in [0.15, 0.2) is 5.13 Å². The number of carbonyl (C=O) groups is 1. The predicted molar refractivity (Wildman–Crippen MR) is 110 cm³/mol. The van der Waals surface area contributed by atoms with Crippen LogP contribution >= 0.6 is 11.3 Å². The van der Waals surface area contributed by atoms with Crippen molar-refractivity contribution in [2.45, 2.75) is 19.9 Å². The summed E-state index contributed by atoms with van der Waals surface area (Å²) in [7, 11) is 0. The largest absolute Gasteiger partial charge is 0.283 e. The van der Waals surface area contributed by atoms with Crippen LogP contribution in [0, 0.1) is 12.7 Å². The molecule has 1 amide bonds. The van der Waals surface area contributed by atoms with E-state index in [9.17, 15) is 9.18 Å². The van der Waals surface area contributed by atoms with Crippen LogP contribution in [0.15, 0.2) is 67.0 Å². The lowest BCUT2D eigenvalue weighted by molar-refractivity contribution is -0.118. The van der Waals surface area contributed by atoms with Crippen LogP contribution in [0.4, 0.5) is 9.52 Å². The van der Waals surface area contributed by atoms with Crippen molar-refractivity contribution in [1.82, 2.24) is 9.97 Å². The monoisotopic (exact) mass is 391 g/mol. The smallest absolute Gasteiger partial charge is 0.233 e. The van der Waals surface area contributed by atoms with E-state index in [0.29, 0.717) is 17.2 Å². The van der Waals surface area contributed by atoms with Crippen LogP contribution in [0.2, 0.25) is 0 Å². The first-order chi connectivity index (χ1) is 13.6. The van der Waals surface area contributed by atoms with Crippen LogP contribution in [0.1, 0.15) is 16.7 Å². The third-order valence-corrected chi connectivity index (χ3v) is 5.44. The van der Waals surface area contributed by atoms with Crippen LogP contribution in [-0.4, -0.2) is 15.9 Å². The van der Waals surface area contributed by atoms with Crippen molar-refractivity contribution in [1.29, 1.82) is 0 Å². The summed E-state index contributed by atoms with van der Waals surface area (Å²) in [6, 6.07) is 16.5. The van der Waals surface area contributed by atoms with Crippen molar-refractivity contribution in [3.63, 3.8) is 0 Å². The molecule has 0 radical (unpaired) electrons. The Morgan fingerprint density at radius 3 is 2.68 bits per heavy atom. The lowest BCUT2D eigenvalue weighted by Gasteiger charge is -2.20. The molecule has 4 aromatic rings. The van der Waals surface area contributed by atoms with E-state index in [1.165, 1.54) is 17.4 Å². The van der Waals surface area contributed by atoms with E-state index in [1.807, 2.05) is 49.4 Å². The third kappa shape index (κ3) is 3.92. The molecule has 0 aliphatic rings. The highest BCUT2D eigenvalue weighted by molar-refractivity contribution is 7.22. The predicted octanol–water partition coefficient (Wildman–Crippen LogP) is 4.91. The normalized spacial score (nSPS) is 10.9. The van der Waals surface area contributed by atoms with E-state index in [2.05, 4.69) is 9.97 Å². The minimum Gasteiger partial charge on any atom is -0.283 e. The molecule has 4 rings (SSSR count). The lowest BCUT2D eigenvalue weighted by Crippen LogP contribution is -2.31. The molecule has 0 saturated heterocycles. The van der Waals surface area contributed by atoms with Gasteiger partial charge in [0, 0.05) is 12.4 Å². The van der Waals surface area contributed by atoms with Crippen LogP contribution in [0.3, 0.4) is 0 Å². The van der Waals surface area contributed by atoms with Gasteiger partial charge in [-0.1, -0.05) is 53.3 Å². The summed E-state index contributed by atoms with van der Waals surface area (Å²) in [4.78, 5) is 23.3. The number of fused-ring (bicyclic) bond motifs is 1. The molecule has 0 atom stereocenters. The van der Waals surface area contributed by atoms with E-state index in [-0.39, 0.29) is 18.1 Å². The van der Waals surface area contributed by atoms with Gasteiger partial charge in [-0.05, 0) is 36.2 Å². The molecule has 2 heterocycles. The number of anilines is 1. The van der Waals surface area contributed by atoms with Gasteiger partial charge >= 0.3 is 0 Å². The van der Waals surface area contributed by atoms with Crippen molar-refractivity contribution >= 4 is 32.6 Å². The molecule has 28 heavy (non-hydrogen) atoms. The van der Waals surface area contributed by atoms with Crippen molar-refractivity contribution in [3.05, 3.63) is 89.5 Å². The molecule has 0 N–H and O–H groups in total. The topological polar surface area (TPSA) is 46.1 Å². The maximum Gasteiger partial charge on any atom is 0.233 e. The average Bonchev–Trinajstić information content (AvgIpc) is 3.12. The summed E-state index contributed by atoms with van der Waals surface area (Å²) < 4.78 is 14.8. The number of amides is 1. The van der Waals surface area contributed by atoms with Gasteiger partial charge < -0.3 is 0 Å². The van der Waals surface area contributed by atoms with E-state index in [4.69, 9.17) is 0 Å². The number of carbonyl (C=O) groups excluding carboxylic acids is 1. The Morgan fingerprint density at radius 1 is 1.11 bits per heavy atom. The molecule has 0 bridgehead atoms. The number of benzene rings is 2. The van der Waals surface area contributed by atoms with E-state index >= 15 is 0 Å². The maximum absolute atomic E-state index is 14.1. The summed E-state index contributed by atoms with van der Waals surface area (Å²) in [5.74, 6) is -0.471. The average molecular weight is 391 g/mol. The van der Waals surface area contributed by atoms with Gasteiger partial charge in [0.1, 0.15) is 11.3 Å². The van der Waals surface area contributed by atoms with Crippen molar-refractivity contribution in [3.8, 4) is 0 Å². The van der Waals surface area contributed by atoms with Gasteiger partial charge in [-0.25, -0.2) is 9.37 Å². The Bertz CT molecular complexity index is 1130. The molecule has 0 fully saturated rings. The highest BCUT2D eigenvalue weighted by atomic mass is 32.1. The third-order valence-electron chi connectivity index (χ3n) is 4.39. The van der Waals surface area contributed by atoms with Gasteiger partial charge in [-0.2, -0.15) is 0 Å². The number of thiazole rings is 1. The van der Waals surface area contributed by atoms with Crippen LogP contribution in [0.25, 0.3) is 10.2 Å². The number of rotatable bonds is 5.